The van der Waals surface area contributed by atoms with Crippen molar-refractivity contribution in [2.45, 2.75) is 49.0 Å². The van der Waals surface area contributed by atoms with Gasteiger partial charge in [0.25, 0.3) is 10.0 Å². The number of carboxylic acid groups (broad SMARTS) is 1. The number of halogens is 1. The van der Waals surface area contributed by atoms with Gasteiger partial charge in [-0.05, 0) is 61.8 Å². The van der Waals surface area contributed by atoms with Crippen LogP contribution < -0.4 is 9.46 Å². The number of rotatable bonds is 7. The van der Waals surface area contributed by atoms with E-state index in [2.05, 4.69) is 10.6 Å². The molecular formula is C24H21ClN2O5S. The molecule has 9 heteroatoms. The van der Waals surface area contributed by atoms with Crippen molar-refractivity contribution >= 4 is 33.3 Å². The van der Waals surface area contributed by atoms with Crippen LogP contribution in [0.4, 0.5) is 5.69 Å². The Hall–Kier alpha value is -3.20. The molecule has 2 saturated carbocycles. The van der Waals surface area contributed by atoms with E-state index in [9.17, 15) is 23.6 Å². The lowest BCUT2D eigenvalue weighted by molar-refractivity contribution is 0.0696. The summed E-state index contributed by atoms with van der Waals surface area (Å²) in [4.78, 5) is 11.4. The van der Waals surface area contributed by atoms with Gasteiger partial charge in [0.1, 0.15) is 17.9 Å². The minimum Gasteiger partial charge on any atom is -0.487 e. The average molecular weight is 485 g/mol. The monoisotopic (exact) mass is 484 g/mol. The van der Waals surface area contributed by atoms with E-state index in [1.54, 1.807) is 6.07 Å². The van der Waals surface area contributed by atoms with Crippen LogP contribution in [-0.2, 0) is 10.0 Å². The standard InChI is InChI=1S/C24H21ClN2O5S/c1-2-14-4-3-5-21(14)32-22-12-19(25)17(13-26)10-20(22)27-33(30,31)23-11-16(24(28)29)8-9-18(23)15-6-7-15/h1,8-12,14-15,21,27H,3-7H2,(H,28,29)/t14-,21+/m0/s1. The number of carbonyl (C=O) groups is 1. The van der Waals surface area contributed by atoms with Crippen LogP contribution in [0.2, 0.25) is 5.02 Å². The fraction of sp³-hybridized carbons (Fsp3) is 0.333. The predicted octanol–water partition coefficient (Wildman–Crippen LogP) is 4.77. The molecular weight excluding hydrogens is 464 g/mol. The fourth-order valence-electron chi connectivity index (χ4n) is 4.07. The first kappa shape index (κ1) is 23.0. The van der Waals surface area contributed by atoms with Gasteiger partial charge in [-0.1, -0.05) is 23.6 Å². The molecule has 0 heterocycles. The van der Waals surface area contributed by atoms with Crippen LogP contribution in [0.15, 0.2) is 35.2 Å². The number of benzene rings is 2. The Kier molecular flexibility index (Phi) is 6.25. The second-order valence-electron chi connectivity index (χ2n) is 8.24. The number of carboxylic acids is 1. The average Bonchev–Trinajstić information content (AvgIpc) is 3.53. The van der Waals surface area contributed by atoms with Crippen LogP contribution in [0.25, 0.3) is 0 Å². The molecule has 7 nitrogen and oxygen atoms in total. The highest BCUT2D eigenvalue weighted by Gasteiger charge is 2.33. The van der Waals surface area contributed by atoms with Crippen LogP contribution in [0.3, 0.4) is 0 Å². The first-order valence-electron chi connectivity index (χ1n) is 10.5. The van der Waals surface area contributed by atoms with E-state index in [0.717, 1.165) is 31.7 Å². The molecule has 2 N–H and O–H groups in total. The molecule has 2 fully saturated rings. The van der Waals surface area contributed by atoms with Gasteiger partial charge in [0.05, 0.1) is 32.7 Å². The molecule has 2 atom stereocenters. The third kappa shape index (κ3) is 4.78. The normalized spacial score (nSPS) is 20.0. The van der Waals surface area contributed by atoms with Gasteiger partial charge in [-0.25, -0.2) is 13.2 Å². The number of nitrogens with one attached hydrogen (secondary N) is 1. The molecule has 0 bridgehead atoms. The number of hydrogen-bond acceptors (Lipinski definition) is 5. The minimum atomic E-state index is -4.20. The largest absolute Gasteiger partial charge is 0.487 e. The van der Waals surface area contributed by atoms with Crippen LogP contribution in [0, 0.1) is 29.6 Å². The molecule has 2 aromatic carbocycles. The summed E-state index contributed by atoms with van der Waals surface area (Å²) in [6, 6.07) is 8.76. The van der Waals surface area contributed by atoms with E-state index < -0.39 is 16.0 Å². The van der Waals surface area contributed by atoms with Gasteiger partial charge < -0.3 is 9.84 Å². The number of aromatic carboxylic acids is 1. The highest BCUT2D eigenvalue weighted by molar-refractivity contribution is 7.92. The van der Waals surface area contributed by atoms with E-state index in [1.807, 2.05) is 6.07 Å². The zero-order chi connectivity index (χ0) is 23.8. The van der Waals surface area contributed by atoms with Crippen LogP contribution in [0.1, 0.15) is 59.5 Å². The fourth-order valence-corrected chi connectivity index (χ4v) is 5.65. The molecule has 0 saturated heterocycles. The van der Waals surface area contributed by atoms with E-state index in [4.69, 9.17) is 22.8 Å². The van der Waals surface area contributed by atoms with Crippen molar-refractivity contribution in [1.82, 2.24) is 0 Å². The number of anilines is 1. The van der Waals surface area contributed by atoms with Gasteiger partial charge in [0.15, 0.2) is 0 Å². The number of nitrogens with zero attached hydrogens (tertiary/aromatic N) is 1. The lowest BCUT2D eigenvalue weighted by Gasteiger charge is -2.21. The van der Waals surface area contributed by atoms with Crippen LogP contribution >= 0.6 is 11.6 Å². The van der Waals surface area contributed by atoms with E-state index in [-0.39, 0.29) is 50.4 Å². The summed E-state index contributed by atoms with van der Waals surface area (Å²) in [7, 11) is -4.20. The summed E-state index contributed by atoms with van der Waals surface area (Å²) in [6.45, 7) is 0. The van der Waals surface area contributed by atoms with Crippen molar-refractivity contribution in [3.8, 4) is 24.2 Å². The van der Waals surface area contributed by atoms with Crippen LogP contribution in [0.5, 0.6) is 5.75 Å². The SMILES string of the molecule is C#C[C@H]1CCC[C@H]1Oc1cc(Cl)c(C#N)cc1NS(=O)(=O)c1cc(C(=O)O)ccc1C1CC1. The lowest BCUT2D eigenvalue weighted by Crippen LogP contribution is -2.22. The molecule has 0 aromatic heterocycles. The Morgan fingerprint density at radius 3 is 2.61 bits per heavy atom. The van der Waals surface area contributed by atoms with Gasteiger partial charge in [0, 0.05) is 6.07 Å². The zero-order valence-electron chi connectivity index (χ0n) is 17.5. The number of ether oxygens (including phenoxy) is 1. The predicted molar refractivity (Wildman–Crippen MR) is 123 cm³/mol. The summed E-state index contributed by atoms with van der Waals surface area (Å²) in [6.07, 6.45) is 9.36. The number of sulfonamides is 1. The highest BCUT2D eigenvalue weighted by Crippen LogP contribution is 2.44. The van der Waals surface area contributed by atoms with Gasteiger partial charge in [-0.3, -0.25) is 4.72 Å². The third-order valence-electron chi connectivity index (χ3n) is 5.95. The summed E-state index contributed by atoms with van der Waals surface area (Å²) in [5, 5.41) is 18.9. The second kappa shape index (κ2) is 8.97. The van der Waals surface area contributed by atoms with Crippen molar-refractivity contribution in [1.29, 1.82) is 5.26 Å². The molecule has 2 aliphatic carbocycles. The Morgan fingerprint density at radius 2 is 1.97 bits per heavy atom. The summed E-state index contributed by atoms with van der Waals surface area (Å²) >= 11 is 6.19. The quantitative estimate of drug-likeness (QED) is 0.547. The Balaban J connectivity index is 1.75. The van der Waals surface area contributed by atoms with Crippen molar-refractivity contribution in [3.05, 3.63) is 52.0 Å². The van der Waals surface area contributed by atoms with Gasteiger partial charge in [0.2, 0.25) is 0 Å². The molecule has 0 aliphatic heterocycles. The van der Waals surface area contributed by atoms with Crippen molar-refractivity contribution in [3.63, 3.8) is 0 Å². The number of nitriles is 1. The summed E-state index contributed by atoms with van der Waals surface area (Å²) in [5.74, 6) is 1.59. The topological polar surface area (TPSA) is 116 Å². The Morgan fingerprint density at radius 1 is 1.21 bits per heavy atom. The van der Waals surface area contributed by atoms with E-state index in [1.165, 1.54) is 18.2 Å². The van der Waals surface area contributed by atoms with Gasteiger partial charge in [-0.15, -0.1) is 6.42 Å². The van der Waals surface area contributed by atoms with E-state index >= 15 is 0 Å². The maximum atomic E-state index is 13.4. The minimum absolute atomic E-state index is 0.0427. The number of terminal acetylenes is 1. The number of hydrogen-bond donors (Lipinski definition) is 2. The molecule has 0 unspecified atom stereocenters. The second-order valence-corrected chi connectivity index (χ2v) is 10.3. The lowest BCUT2D eigenvalue weighted by atomic mass is 10.1. The Bertz CT molecular complexity index is 1310. The van der Waals surface area contributed by atoms with Crippen molar-refractivity contribution in [2.24, 2.45) is 5.92 Å². The molecule has 2 aromatic rings. The maximum absolute atomic E-state index is 13.4. The summed E-state index contributed by atoms with van der Waals surface area (Å²) in [5.41, 5.74) is 0.546. The maximum Gasteiger partial charge on any atom is 0.335 e. The molecule has 170 valence electrons. The molecule has 2 aliphatic rings. The highest BCUT2D eigenvalue weighted by atomic mass is 35.5. The zero-order valence-corrected chi connectivity index (χ0v) is 19.1. The Labute approximate surface area is 197 Å². The molecule has 0 spiro atoms. The molecule has 4 rings (SSSR count). The first-order chi connectivity index (χ1) is 15.7. The summed E-state index contributed by atoms with van der Waals surface area (Å²) < 4.78 is 35.4. The molecule has 33 heavy (non-hydrogen) atoms. The van der Waals surface area contributed by atoms with Crippen molar-refractivity contribution in [2.75, 3.05) is 4.72 Å². The van der Waals surface area contributed by atoms with Gasteiger partial charge >= 0.3 is 5.97 Å². The first-order valence-corrected chi connectivity index (χ1v) is 12.4. The van der Waals surface area contributed by atoms with Crippen molar-refractivity contribution < 1.29 is 23.1 Å². The van der Waals surface area contributed by atoms with E-state index in [0.29, 0.717) is 12.0 Å². The third-order valence-corrected chi connectivity index (χ3v) is 7.68. The van der Waals surface area contributed by atoms with Crippen LogP contribution in [-0.4, -0.2) is 25.6 Å². The van der Waals surface area contributed by atoms with Gasteiger partial charge in [-0.2, -0.15) is 5.26 Å². The molecule has 0 radical (unpaired) electrons. The smallest absolute Gasteiger partial charge is 0.335 e. The molecule has 0 amide bonds.